The third-order valence-corrected chi connectivity index (χ3v) is 14.9. The van der Waals surface area contributed by atoms with E-state index in [2.05, 4.69) is 244 Å². The van der Waals surface area contributed by atoms with Crippen molar-refractivity contribution in [2.45, 2.75) is 50.4 Å². The van der Waals surface area contributed by atoms with E-state index >= 15 is 0 Å². The molecule has 1 unspecified atom stereocenters. The Morgan fingerprint density at radius 2 is 0.710 bits per heavy atom. The number of benzene rings is 9. The quantitative estimate of drug-likeness (QED) is 0.123. The van der Waals surface area contributed by atoms with E-state index in [1.165, 1.54) is 91.6 Å². The Balaban J connectivity index is 1.07. The molecule has 10 aromatic rings. The van der Waals surface area contributed by atoms with Gasteiger partial charge in [-0.05, 0) is 96.8 Å². The summed E-state index contributed by atoms with van der Waals surface area (Å²) in [7, 11) is 0. The van der Waals surface area contributed by atoms with Crippen LogP contribution in [0.4, 0.5) is 0 Å². The Morgan fingerprint density at radius 3 is 1.12 bits per heavy atom. The third-order valence-electron chi connectivity index (χ3n) is 14.9. The van der Waals surface area contributed by atoms with Gasteiger partial charge in [0.05, 0.1) is 10.8 Å². The largest absolute Gasteiger partial charge is 0.208 e. The van der Waals surface area contributed by atoms with Crippen LogP contribution in [0.5, 0.6) is 0 Å². The minimum absolute atomic E-state index is 0.555. The zero-order valence-electron chi connectivity index (χ0n) is 39.2. The summed E-state index contributed by atoms with van der Waals surface area (Å²) in [6, 6.07) is 84.3. The first-order valence-corrected chi connectivity index (χ1v) is 24.6. The standard InChI is InChI=1S/C66H53N3/c1-3-4-21-45(2)42-46-34-36-47(37-35-46)62-67-63(48-38-40-56-54-30-17-19-32-58(54)65(60(56)43-48,50-22-9-5-10-23-50)51-24-11-6-12-25-51)69-64(68-62)49-39-41-57-55-31-18-20-33-59(55)66(61(57)44-49,52-26-13-7-14-27-52)53-28-15-8-16-29-53/h5-20,22-41,43-45H,3-4,21,42H2,1-2H3. The summed E-state index contributed by atoms with van der Waals surface area (Å²) < 4.78 is 0. The lowest BCUT2D eigenvalue weighted by molar-refractivity contribution is 0.503. The van der Waals surface area contributed by atoms with Crippen molar-refractivity contribution in [2.24, 2.45) is 5.92 Å². The van der Waals surface area contributed by atoms with Crippen molar-refractivity contribution in [1.82, 2.24) is 15.0 Å². The zero-order chi connectivity index (χ0) is 46.4. The molecule has 332 valence electrons. The number of nitrogens with zero attached hydrogens (tertiary/aromatic N) is 3. The smallest absolute Gasteiger partial charge is 0.164 e. The zero-order valence-corrected chi connectivity index (χ0v) is 39.2. The maximum absolute atomic E-state index is 5.50. The average Bonchev–Trinajstić information content (AvgIpc) is 3.89. The first-order chi connectivity index (χ1) is 34.1. The SMILES string of the molecule is CCCCC(C)Cc1ccc(-c2nc(-c3ccc4c(c3)C(c3ccccc3)(c3ccccc3)c3ccccc3-4)nc(-c3ccc4c(c3)C(c3ccccc3)(c3ccccc3)c3ccccc3-4)n2)cc1. The second-order valence-corrected chi connectivity index (χ2v) is 19.0. The molecule has 0 radical (unpaired) electrons. The monoisotopic (exact) mass is 887 g/mol. The van der Waals surface area contributed by atoms with E-state index < -0.39 is 10.8 Å². The molecule has 1 atom stereocenters. The van der Waals surface area contributed by atoms with Crippen LogP contribution in [0.1, 0.15) is 83.2 Å². The Labute approximate surface area is 406 Å². The van der Waals surface area contributed by atoms with E-state index in [1.807, 2.05) is 0 Å². The van der Waals surface area contributed by atoms with Crippen molar-refractivity contribution in [2.75, 3.05) is 0 Å². The molecule has 0 amide bonds. The van der Waals surface area contributed by atoms with Crippen molar-refractivity contribution >= 4 is 0 Å². The molecule has 3 nitrogen and oxygen atoms in total. The van der Waals surface area contributed by atoms with Crippen molar-refractivity contribution in [3.05, 3.63) is 281 Å². The topological polar surface area (TPSA) is 38.7 Å². The molecule has 1 heterocycles. The average molecular weight is 888 g/mol. The summed E-state index contributed by atoms with van der Waals surface area (Å²) in [6.07, 6.45) is 4.77. The van der Waals surface area contributed by atoms with Crippen molar-refractivity contribution < 1.29 is 0 Å². The van der Waals surface area contributed by atoms with Crippen LogP contribution in [-0.4, -0.2) is 15.0 Å². The second-order valence-electron chi connectivity index (χ2n) is 19.0. The molecule has 12 rings (SSSR count). The summed E-state index contributed by atoms with van der Waals surface area (Å²) >= 11 is 0. The first kappa shape index (κ1) is 42.4. The van der Waals surface area contributed by atoms with Crippen LogP contribution in [0.2, 0.25) is 0 Å². The van der Waals surface area contributed by atoms with E-state index in [9.17, 15) is 0 Å². The maximum atomic E-state index is 5.50. The fraction of sp³-hybridized carbons (Fsp3) is 0.136. The van der Waals surface area contributed by atoms with Crippen molar-refractivity contribution in [3.8, 4) is 56.4 Å². The van der Waals surface area contributed by atoms with Gasteiger partial charge in [-0.3, -0.25) is 0 Å². The highest BCUT2D eigenvalue weighted by atomic mass is 15.0. The molecule has 0 saturated heterocycles. The van der Waals surface area contributed by atoms with E-state index in [0.717, 1.165) is 23.1 Å². The summed E-state index contributed by atoms with van der Waals surface area (Å²) in [5, 5.41) is 0. The van der Waals surface area contributed by atoms with E-state index in [1.54, 1.807) is 0 Å². The van der Waals surface area contributed by atoms with Crippen LogP contribution in [-0.2, 0) is 17.3 Å². The van der Waals surface area contributed by atoms with E-state index in [4.69, 9.17) is 15.0 Å². The molecule has 0 bridgehead atoms. The Bertz CT molecular complexity index is 3170. The molecule has 2 aliphatic carbocycles. The van der Waals surface area contributed by atoms with Gasteiger partial charge >= 0.3 is 0 Å². The van der Waals surface area contributed by atoms with Crippen molar-refractivity contribution in [1.29, 1.82) is 0 Å². The van der Waals surface area contributed by atoms with Gasteiger partial charge in [0.1, 0.15) is 0 Å². The summed E-state index contributed by atoms with van der Waals surface area (Å²) in [5.41, 5.74) is 17.9. The van der Waals surface area contributed by atoms with Crippen LogP contribution in [0, 0.1) is 5.92 Å². The normalized spacial score (nSPS) is 14.1. The molecule has 9 aromatic carbocycles. The highest BCUT2D eigenvalue weighted by molar-refractivity contribution is 5.90. The van der Waals surface area contributed by atoms with Gasteiger partial charge in [-0.25, -0.2) is 15.0 Å². The molecule has 0 fully saturated rings. The predicted molar refractivity (Wildman–Crippen MR) is 283 cm³/mol. The Kier molecular flexibility index (Phi) is 10.8. The van der Waals surface area contributed by atoms with Gasteiger partial charge in [0.2, 0.25) is 0 Å². The Hall–Kier alpha value is -8.01. The number of aromatic nitrogens is 3. The molecule has 1 aromatic heterocycles. The minimum atomic E-state index is -0.555. The van der Waals surface area contributed by atoms with Crippen LogP contribution < -0.4 is 0 Å². The van der Waals surface area contributed by atoms with Crippen LogP contribution in [0.25, 0.3) is 56.4 Å². The number of hydrogen-bond acceptors (Lipinski definition) is 3. The van der Waals surface area contributed by atoms with Gasteiger partial charge in [0.15, 0.2) is 17.5 Å². The molecular weight excluding hydrogens is 835 g/mol. The molecule has 0 saturated carbocycles. The van der Waals surface area contributed by atoms with Gasteiger partial charge in [0.25, 0.3) is 0 Å². The van der Waals surface area contributed by atoms with Gasteiger partial charge in [-0.15, -0.1) is 0 Å². The van der Waals surface area contributed by atoms with Gasteiger partial charge in [0, 0.05) is 16.7 Å². The number of unbranched alkanes of at least 4 members (excludes halogenated alkanes) is 1. The fourth-order valence-electron chi connectivity index (χ4n) is 11.8. The second kappa shape index (κ2) is 17.6. The number of rotatable bonds is 12. The number of fused-ring (bicyclic) bond motifs is 6. The summed E-state index contributed by atoms with van der Waals surface area (Å²) in [6.45, 7) is 4.64. The lowest BCUT2D eigenvalue weighted by atomic mass is 9.67. The highest BCUT2D eigenvalue weighted by Crippen LogP contribution is 2.58. The molecule has 0 aliphatic heterocycles. The maximum Gasteiger partial charge on any atom is 0.164 e. The molecule has 3 heteroatoms. The highest BCUT2D eigenvalue weighted by Gasteiger charge is 2.47. The molecule has 0 N–H and O–H groups in total. The lowest BCUT2D eigenvalue weighted by Gasteiger charge is -2.34. The van der Waals surface area contributed by atoms with Gasteiger partial charge in [-0.2, -0.15) is 0 Å². The van der Waals surface area contributed by atoms with Crippen molar-refractivity contribution in [3.63, 3.8) is 0 Å². The molecular formula is C66H53N3. The third kappa shape index (κ3) is 6.98. The van der Waals surface area contributed by atoms with E-state index in [-0.39, 0.29) is 0 Å². The summed E-state index contributed by atoms with van der Waals surface area (Å²) in [5.74, 6) is 2.56. The fourth-order valence-corrected chi connectivity index (χ4v) is 11.8. The van der Waals surface area contributed by atoms with Gasteiger partial charge in [-0.1, -0.05) is 251 Å². The van der Waals surface area contributed by atoms with Crippen LogP contribution >= 0.6 is 0 Å². The van der Waals surface area contributed by atoms with E-state index in [0.29, 0.717) is 23.4 Å². The number of hydrogen-bond donors (Lipinski definition) is 0. The lowest BCUT2D eigenvalue weighted by Crippen LogP contribution is -2.28. The van der Waals surface area contributed by atoms with Crippen LogP contribution in [0.15, 0.2) is 231 Å². The van der Waals surface area contributed by atoms with Gasteiger partial charge < -0.3 is 0 Å². The van der Waals surface area contributed by atoms with Crippen LogP contribution in [0.3, 0.4) is 0 Å². The Morgan fingerprint density at radius 1 is 0.362 bits per heavy atom. The molecule has 69 heavy (non-hydrogen) atoms. The first-order valence-electron chi connectivity index (χ1n) is 24.6. The molecule has 2 aliphatic rings. The molecule has 0 spiro atoms. The minimum Gasteiger partial charge on any atom is -0.208 e. The predicted octanol–water partition coefficient (Wildman–Crippen LogP) is 16.0. The summed E-state index contributed by atoms with van der Waals surface area (Å²) in [4.78, 5) is 16.3.